The second-order valence-corrected chi connectivity index (χ2v) is 4.22. The second-order valence-electron chi connectivity index (χ2n) is 4.22. The maximum absolute atomic E-state index is 3.52. The maximum atomic E-state index is 3.52. The minimum atomic E-state index is 0.512. The lowest BCUT2D eigenvalue weighted by molar-refractivity contribution is 0.241. The Kier molecular flexibility index (Phi) is 2.72. The molecule has 0 aromatic heterocycles. The van der Waals surface area contributed by atoms with E-state index in [1.165, 1.54) is 12.8 Å². The van der Waals surface area contributed by atoms with Crippen molar-refractivity contribution < 1.29 is 0 Å². The molecule has 1 unspecified atom stereocenters. The Labute approximate surface area is 69.9 Å². The molecule has 0 bridgehead atoms. The van der Waals surface area contributed by atoms with E-state index in [2.05, 4.69) is 38.2 Å². The van der Waals surface area contributed by atoms with Crippen LogP contribution in [-0.4, -0.2) is 12.6 Å². The van der Waals surface area contributed by atoms with Crippen LogP contribution in [0.25, 0.3) is 0 Å². The van der Waals surface area contributed by atoms with E-state index in [0.29, 0.717) is 11.5 Å². The molecule has 1 saturated heterocycles. The van der Waals surface area contributed by atoms with Crippen molar-refractivity contribution in [2.24, 2.45) is 5.41 Å². The number of rotatable bonds is 1. The molecule has 1 heteroatoms. The van der Waals surface area contributed by atoms with Crippen LogP contribution in [0, 0.1) is 5.41 Å². The average molecular weight is 153 g/mol. The van der Waals surface area contributed by atoms with E-state index >= 15 is 0 Å². The smallest absolute Gasteiger partial charge is 0.0250 e. The van der Waals surface area contributed by atoms with Gasteiger partial charge < -0.3 is 5.32 Å². The van der Waals surface area contributed by atoms with Crippen molar-refractivity contribution in [1.82, 2.24) is 5.32 Å². The lowest BCUT2D eigenvalue weighted by Gasteiger charge is -2.34. The molecule has 0 aromatic rings. The molecule has 0 aromatic carbocycles. The van der Waals surface area contributed by atoms with Gasteiger partial charge >= 0.3 is 0 Å². The third-order valence-electron chi connectivity index (χ3n) is 2.40. The maximum Gasteiger partial charge on any atom is 0.0250 e. The topological polar surface area (TPSA) is 12.0 Å². The molecule has 64 valence electrons. The van der Waals surface area contributed by atoms with E-state index in [9.17, 15) is 0 Å². The first-order valence-electron chi connectivity index (χ1n) is 4.50. The van der Waals surface area contributed by atoms with Gasteiger partial charge in [0.1, 0.15) is 0 Å². The highest BCUT2D eigenvalue weighted by molar-refractivity contribution is 4.95. The standard InChI is InChI=1S/C10H19N/c1-4-5-9-6-7-10(2,3)8-11-9/h4-5,9,11H,6-8H2,1-3H3/b5-4-. The summed E-state index contributed by atoms with van der Waals surface area (Å²) in [6.45, 7) is 7.89. The number of hydrogen-bond acceptors (Lipinski definition) is 1. The van der Waals surface area contributed by atoms with Gasteiger partial charge in [-0.3, -0.25) is 0 Å². The van der Waals surface area contributed by atoms with Gasteiger partial charge in [0, 0.05) is 12.6 Å². The molecule has 1 heterocycles. The largest absolute Gasteiger partial charge is 0.310 e. The summed E-state index contributed by atoms with van der Waals surface area (Å²) in [4.78, 5) is 0. The quantitative estimate of drug-likeness (QED) is 0.570. The van der Waals surface area contributed by atoms with E-state index in [0.717, 1.165) is 6.54 Å². The molecular formula is C10H19N. The first-order chi connectivity index (χ1) is 5.14. The Morgan fingerprint density at radius 2 is 2.18 bits per heavy atom. The monoisotopic (exact) mass is 153 g/mol. The number of nitrogens with one attached hydrogen (secondary N) is 1. The second kappa shape index (κ2) is 3.40. The number of hydrogen-bond donors (Lipinski definition) is 1. The van der Waals surface area contributed by atoms with Gasteiger partial charge in [0.05, 0.1) is 0 Å². The van der Waals surface area contributed by atoms with E-state index in [1.54, 1.807) is 0 Å². The molecule has 0 radical (unpaired) electrons. The fourth-order valence-corrected chi connectivity index (χ4v) is 1.54. The fraction of sp³-hybridized carbons (Fsp3) is 0.800. The van der Waals surface area contributed by atoms with E-state index < -0.39 is 0 Å². The number of piperidine rings is 1. The summed E-state index contributed by atoms with van der Waals surface area (Å²) in [7, 11) is 0. The molecule has 1 aliphatic heterocycles. The Hall–Kier alpha value is -0.300. The summed E-state index contributed by atoms with van der Waals surface area (Å²) < 4.78 is 0. The SMILES string of the molecule is C/C=C\C1CCC(C)(C)CN1. The van der Waals surface area contributed by atoms with Crippen LogP contribution in [0.4, 0.5) is 0 Å². The molecule has 0 saturated carbocycles. The first kappa shape index (κ1) is 8.79. The van der Waals surface area contributed by atoms with Gasteiger partial charge in [0.15, 0.2) is 0 Å². The summed E-state index contributed by atoms with van der Waals surface area (Å²) in [5.41, 5.74) is 0.512. The zero-order valence-electron chi connectivity index (χ0n) is 7.85. The van der Waals surface area contributed by atoms with Gasteiger partial charge in [0.2, 0.25) is 0 Å². The van der Waals surface area contributed by atoms with Gasteiger partial charge in [-0.25, -0.2) is 0 Å². The van der Waals surface area contributed by atoms with Gasteiger partial charge in [-0.05, 0) is 25.2 Å². The summed E-state index contributed by atoms with van der Waals surface area (Å²) in [6, 6.07) is 0.632. The molecule has 0 spiro atoms. The van der Waals surface area contributed by atoms with Gasteiger partial charge in [0.25, 0.3) is 0 Å². The summed E-state index contributed by atoms with van der Waals surface area (Å²) >= 11 is 0. The van der Waals surface area contributed by atoms with Crippen molar-refractivity contribution in [2.75, 3.05) is 6.54 Å². The van der Waals surface area contributed by atoms with Crippen molar-refractivity contribution in [3.8, 4) is 0 Å². The minimum Gasteiger partial charge on any atom is -0.310 e. The fourth-order valence-electron chi connectivity index (χ4n) is 1.54. The predicted octanol–water partition coefficient (Wildman–Crippen LogP) is 2.34. The van der Waals surface area contributed by atoms with Crippen LogP contribution in [-0.2, 0) is 0 Å². The van der Waals surface area contributed by atoms with Crippen LogP contribution in [0.2, 0.25) is 0 Å². The molecule has 11 heavy (non-hydrogen) atoms. The predicted molar refractivity (Wildman–Crippen MR) is 49.6 cm³/mol. The van der Waals surface area contributed by atoms with Crippen LogP contribution in [0.3, 0.4) is 0 Å². The molecule has 1 atom stereocenters. The van der Waals surface area contributed by atoms with Gasteiger partial charge in [-0.15, -0.1) is 0 Å². The normalized spacial score (nSPS) is 31.0. The van der Waals surface area contributed by atoms with Crippen molar-refractivity contribution >= 4 is 0 Å². The lowest BCUT2D eigenvalue weighted by atomic mass is 9.82. The van der Waals surface area contributed by atoms with Gasteiger partial charge in [-0.2, -0.15) is 0 Å². The minimum absolute atomic E-state index is 0.512. The van der Waals surface area contributed by atoms with Crippen LogP contribution in [0.5, 0.6) is 0 Å². The molecular weight excluding hydrogens is 134 g/mol. The highest BCUT2D eigenvalue weighted by Gasteiger charge is 2.24. The molecule has 0 amide bonds. The highest BCUT2D eigenvalue weighted by Crippen LogP contribution is 2.26. The van der Waals surface area contributed by atoms with Crippen LogP contribution in [0.1, 0.15) is 33.6 Å². The molecule has 1 rings (SSSR count). The summed E-state index contributed by atoms with van der Waals surface area (Å²) in [5.74, 6) is 0. The van der Waals surface area contributed by atoms with E-state index in [4.69, 9.17) is 0 Å². The number of allylic oxidation sites excluding steroid dienone is 1. The zero-order valence-corrected chi connectivity index (χ0v) is 7.85. The molecule has 1 fully saturated rings. The highest BCUT2D eigenvalue weighted by atomic mass is 14.9. The first-order valence-corrected chi connectivity index (χ1v) is 4.50. The van der Waals surface area contributed by atoms with Crippen molar-refractivity contribution in [1.29, 1.82) is 0 Å². The van der Waals surface area contributed by atoms with Crippen molar-refractivity contribution in [3.05, 3.63) is 12.2 Å². The third-order valence-corrected chi connectivity index (χ3v) is 2.40. The molecule has 0 aliphatic carbocycles. The Balaban J connectivity index is 2.36. The summed E-state index contributed by atoms with van der Waals surface area (Å²) in [6.07, 6.45) is 7.03. The van der Waals surface area contributed by atoms with Crippen molar-refractivity contribution in [3.63, 3.8) is 0 Å². The van der Waals surface area contributed by atoms with Gasteiger partial charge in [-0.1, -0.05) is 26.0 Å². The molecule has 1 N–H and O–H groups in total. The lowest BCUT2D eigenvalue weighted by Crippen LogP contribution is -2.41. The Bertz CT molecular complexity index is 137. The molecule has 1 nitrogen and oxygen atoms in total. The molecule has 1 aliphatic rings. The zero-order chi connectivity index (χ0) is 8.32. The van der Waals surface area contributed by atoms with E-state index in [1.807, 2.05) is 0 Å². The third kappa shape index (κ3) is 2.66. The Morgan fingerprint density at radius 1 is 1.45 bits per heavy atom. The summed E-state index contributed by atoms with van der Waals surface area (Å²) in [5, 5.41) is 3.52. The van der Waals surface area contributed by atoms with Crippen molar-refractivity contribution in [2.45, 2.75) is 39.7 Å². The van der Waals surface area contributed by atoms with Crippen LogP contribution >= 0.6 is 0 Å². The average Bonchev–Trinajstić information content (AvgIpc) is 1.94. The van der Waals surface area contributed by atoms with Crippen LogP contribution in [0.15, 0.2) is 12.2 Å². The Morgan fingerprint density at radius 3 is 2.64 bits per heavy atom. The van der Waals surface area contributed by atoms with E-state index in [-0.39, 0.29) is 0 Å². The van der Waals surface area contributed by atoms with Crippen LogP contribution < -0.4 is 5.32 Å².